The number of aromatic nitrogens is 8. The van der Waals surface area contributed by atoms with E-state index in [-0.39, 0.29) is 0 Å². The summed E-state index contributed by atoms with van der Waals surface area (Å²) in [6.07, 6.45) is 9.25. The highest BCUT2D eigenvalue weighted by Crippen LogP contribution is 2.28. The summed E-state index contributed by atoms with van der Waals surface area (Å²) in [5.41, 5.74) is 4.92. The van der Waals surface area contributed by atoms with Gasteiger partial charge in [0.25, 0.3) is 0 Å². The number of aromatic amines is 1. The van der Waals surface area contributed by atoms with E-state index in [0.717, 1.165) is 53.9 Å². The zero-order valence-electron chi connectivity index (χ0n) is 17.6. The minimum Gasteiger partial charge on any atom is -0.322 e. The van der Waals surface area contributed by atoms with Gasteiger partial charge in [-0.15, -0.1) is 0 Å². The average Bonchev–Trinajstić information content (AvgIpc) is 3.46. The van der Waals surface area contributed by atoms with Crippen molar-refractivity contribution in [2.75, 3.05) is 25.5 Å². The van der Waals surface area contributed by atoms with Crippen molar-refractivity contribution in [1.82, 2.24) is 44.6 Å². The summed E-state index contributed by atoms with van der Waals surface area (Å²) in [6, 6.07) is 8.08. The summed E-state index contributed by atoms with van der Waals surface area (Å²) >= 11 is 0. The number of anilines is 2. The number of rotatable bonds is 4. The Bertz CT molecular complexity index is 1390. The standard InChI is InChI=1S/C22H22N10/c1-31-9-5-14(6-10-31)32-13-26-21-22(32)28-19(12-25-21)27-18-11-17(29-30-18)15-4-8-23-16-3-2-7-24-20(15)16/h2-4,7-8,11-14H,5-6,9-10H2,1H3,(H2,27,28,29,30). The van der Waals surface area contributed by atoms with E-state index in [1.54, 1.807) is 18.6 Å². The first-order valence-corrected chi connectivity index (χ1v) is 10.7. The Labute approximate surface area is 183 Å². The Morgan fingerprint density at radius 3 is 2.84 bits per heavy atom. The maximum Gasteiger partial charge on any atom is 0.197 e. The minimum absolute atomic E-state index is 0.394. The van der Waals surface area contributed by atoms with Gasteiger partial charge in [0, 0.05) is 30.1 Å². The van der Waals surface area contributed by atoms with Crippen molar-refractivity contribution in [3.8, 4) is 11.3 Å². The van der Waals surface area contributed by atoms with E-state index in [0.29, 0.717) is 23.3 Å². The highest BCUT2D eigenvalue weighted by atomic mass is 15.2. The molecule has 32 heavy (non-hydrogen) atoms. The molecule has 10 heteroatoms. The largest absolute Gasteiger partial charge is 0.322 e. The van der Waals surface area contributed by atoms with Crippen LogP contribution in [0.4, 0.5) is 11.6 Å². The van der Waals surface area contributed by atoms with Gasteiger partial charge in [0.1, 0.15) is 0 Å². The lowest BCUT2D eigenvalue weighted by atomic mass is 10.1. The van der Waals surface area contributed by atoms with Crippen molar-refractivity contribution in [2.45, 2.75) is 18.9 Å². The third kappa shape index (κ3) is 3.34. The van der Waals surface area contributed by atoms with E-state index in [1.807, 2.05) is 30.6 Å². The summed E-state index contributed by atoms with van der Waals surface area (Å²) in [6.45, 7) is 2.15. The first-order chi connectivity index (χ1) is 15.7. The second kappa shape index (κ2) is 7.65. The van der Waals surface area contributed by atoms with Gasteiger partial charge in [-0.05, 0) is 51.2 Å². The van der Waals surface area contributed by atoms with Gasteiger partial charge in [-0.1, -0.05) is 0 Å². The van der Waals surface area contributed by atoms with Crippen molar-refractivity contribution < 1.29 is 0 Å². The smallest absolute Gasteiger partial charge is 0.197 e. The lowest BCUT2D eigenvalue weighted by Gasteiger charge is -2.29. The fourth-order valence-corrected chi connectivity index (χ4v) is 4.26. The molecule has 0 amide bonds. The van der Waals surface area contributed by atoms with Crippen LogP contribution in [0.3, 0.4) is 0 Å². The summed E-state index contributed by atoms with van der Waals surface area (Å²) in [4.78, 5) is 24.9. The van der Waals surface area contributed by atoms with Crippen LogP contribution >= 0.6 is 0 Å². The molecule has 1 aliphatic heterocycles. The van der Waals surface area contributed by atoms with Gasteiger partial charge in [-0.2, -0.15) is 5.10 Å². The van der Waals surface area contributed by atoms with Crippen LogP contribution in [0.1, 0.15) is 18.9 Å². The zero-order valence-corrected chi connectivity index (χ0v) is 17.6. The number of fused-ring (bicyclic) bond motifs is 2. The van der Waals surface area contributed by atoms with Crippen molar-refractivity contribution in [3.05, 3.63) is 49.2 Å². The molecule has 0 aliphatic carbocycles. The molecular formula is C22H22N10. The maximum atomic E-state index is 4.79. The van der Waals surface area contributed by atoms with Crippen LogP contribution in [0.15, 0.2) is 49.2 Å². The Kier molecular flexibility index (Phi) is 4.50. The number of H-pyrrole nitrogens is 1. The monoisotopic (exact) mass is 426 g/mol. The molecule has 10 nitrogen and oxygen atoms in total. The summed E-state index contributed by atoms with van der Waals surface area (Å²) < 4.78 is 2.16. The number of nitrogens with one attached hydrogen (secondary N) is 2. The van der Waals surface area contributed by atoms with E-state index in [9.17, 15) is 0 Å². The normalized spacial score (nSPS) is 15.5. The lowest BCUT2D eigenvalue weighted by molar-refractivity contribution is 0.223. The number of imidazole rings is 1. The Morgan fingerprint density at radius 2 is 1.94 bits per heavy atom. The molecule has 0 bridgehead atoms. The molecule has 1 aliphatic rings. The molecule has 0 spiro atoms. The number of piperidine rings is 1. The summed E-state index contributed by atoms with van der Waals surface area (Å²) in [5.74, 6) is 1.28. The molecule has 0 saturated carbocycles. The SMILES string of the molecule is CN1CCC(n2cnc3ncc(Nc4cc(-c5ccnc6cccnc56)[nH]n4)nc32)CC1. The lowest BCUT2D eigenvalue weighted by Crippen LogP contribution is -2.31. The van der Waals surface area contributed by atoms with Crippen LogP contribution in [-0.4, -0.2) is 64.7 Å². The third-order valence-electron chi connectivity index (χ3n) is 5.99. The van der Waals surface area contributed by atoms with E-state index >= 15 is 0 Å². The Balaban J connectivity index is 1.28. The van der Waals surface area contributed by atoms with Crippen molar-refractivity contribution in [3.63, 3.8) is 0 Å². The fourth-order valence-electron chi connectivity index (χ4n) is 4.26. The number of hydrogen-bond donors (Lipinski definition) is 2. The molecule has 0 unspecified atom stereocenters. The molecule has 6 heterocycles. The van der Waals surface area contributed by atoms with E-state index in [4.69, 9.17) is 4.98 Å². The predicted molar refractivity (Wildman–Crippen MR) is 121 cm³/mol. The van der Waals surface area contributed by atoms with Crippen LogP contribution in [0.5, 0.6) is 0 Å². The number of hydrogen-bond acceptors (Lipinski definition) is 8. The minimum atomic E-state index is 0.394. The van der Waals surface area contributed by atoms with Crippen molar-refractivity contribution in [1.29, 1.82) is 0 Å². The molecule has 160 valence electrons. The molecule has 0 atom stereocenters. The quantitative estimate of drug-likeness (QED) is 0.450. The summed E-state index contributed by atoms with van der Waals surface area (Å²) in [7, 11) is 2.16. The second-order valence-electron chi connectivity index (χ2n) is 8.11. The Hall–Kier alpha value is -3.92. The van der Waals surface area contributed by atoms with E-state index in [1.165, 1.54) is 0 Å². The van der Waals surface area contributed by atoms with Gasteiger partial charge in [0.05, 0.1) is 29.3 Å². The Morgan fingerprint density at radius 1 is 1.03 bits per heavy atom. The maximum absolute atomic E-state index is 4.79. The third-order valence-corrected chi connectivity index (χ3v) is 5.99. The molecule has 0 aromatic carbocycles. The number of pyridine rings is 2. The molecule has 5 aromatic rings. The van der Waals surface area contributed by atoms with Gasteiger partial charge < -0.3 is 14.8 Å². The van der Waals surface area contributed by atoms with Crippen LogP contribution in [-0.2, 0) is 0 Å². The number of likely N-dealkylation sites (tertiary alicyclic amines) is 1. The molecule has 1 fully saturated rings. The van der Waals surface area contributed by atoms with Gasteiger partial charge in [-0.25, -0.2) is 15.0 Å². The van der Waals surface area contributed by atoms with Gasteiger partial charge in [-0.3, -0.25) is 15.1 Å². The molecule has 2 N–H and O–H groups in total. The highest BCUT2D eigenvalue weighted by Gasteiger charge is 2.21. The van der Waals surface area contributed by atoms with E-state index in [2.05, 4.69) is 52.0 Å². The first kappa shape index (κ1) is 18.8. The number of nitrogens with zero attached hydrogens (tertiary/aromatic N) is 8. The molecule has 5 aromatic heterocycles. The van der Waals surface area contributed by atoms with E-state index < -0.39 is 0 Å². The van der Waals surface area contributed by atoms with Gasteiger partial charge >= 0.3 is 0 Å². The molecule has 1 saturated heterocycles. The zero-order chi connectivity index (χ0) is 21.5. The highest BCUT2D eigenvalue weighted by molar-refractivity contribution is 5.90. The topological polar surface area (TPSA) is 113 Å². The predicted octanol–water partition coefficient (Wildman–Crippen LogP) is 3.17. The van der Waals surface area contributed by atoms with Crippen LogP contribution in [0.25, 0.3) is 33.6 Å². The van der Waals surface area contributed by atoms with Crippen molar-refractivity contribution >= 4 is 34.0 Å². The second-order valence-corrected chi connectivity index (χ2v) is 8.11. The summed E-state index contributed by atoms with van der Waals surface area (Å²) in [5, 5.41) is 10.7. The van der Waals surface area contributed by atoms with Gasteiger partial charge in [0.2, 0.25) is 0 Å². The van der Waals surface area contributed by atoms with Crippen LogP contribution in [0, 0.1) is 0 Å². The van der Waals surface area contributed by atoms with Crippen LogP contribution in [0.2, 0.25) is 0 Å². The van der Waals surface area contributed by atoms with Gasteiger partial charge in [0.15, 0.2) is 22.9 Å². The average molecular weight is 426 g/mol. The molecular weight excluding hydrogens is 404 g/mol. The molecule has 0 radical (unpaired) electrons. The first-order valence-electron chi connectivity index (χ1n) is 10.7. The van der Waals surface area contributed by atoms with Crippen LogP contribution < -0.4 is 5.32 Å². The molecule has 6 rings (SSSR count). The fraction of sp³-hybridized carbons (Fsp3) is 0.273. The van der Waals surface area contributed by atoms with Crippen molar-refractivity contribution in [2.24, 2.45) is 0 Å².